The number of oxime groups is 1. The van der Waals surface area contributed by atoms with Gasteiger partial charge in [0.15, 0.2) is 5.75 Å². The Balaban J connectivity index is 2.14. The van der Waals surface area contributed by atoms with E-state index in [0.717, 1.165) is 23.4 Å². The zero-order valence-corrected chi connectivity index (χ0v) is 9.84. The molecule has 86 valence electrons. The van der Waals surface area contributed by atoms with Gasteiger partial charge in [0.2, 0.25) is 0 Å². The summed E-state index contributed by atoms with van der Waals surface area (Å²) in [5.74, 6) is 0.759. The maximum Gasteiger partial charge on any atom is 0.157 e. The largest absolute Gasteiger partial charge is 0.357 e. The molecule has 0 amide bonds. The summed E-state index contributed by atoms with van der Waals surface area (Å²) in [4.78, 5) is 5.40. The second-order valence-corrected chi connectivity index (χ2v) is 3.66. The molecule has 0 bridgehead atoms. The van der Waals surface area contributed by atoms with E-state index in [1.54, 1.807) is 0 Å². The lowest BCUT2D eigenvalue weighted by atomic mass is 10.1. The van der Waals surface area contributed by atoms with Crippen LogP contribution in [0.3, 0.4) is 0 Å². The van der Waals surface area contributed by atoms with Crippen molar-refractivity contribution in [1.82, 2.24) is 0 Å². The first-order valence-electron chi connectivity index (χ1n) is 5.74. The van der Waals surface area contributed by atoms with Crippen molar-refractivity contribution in [2.45, 2.75) is 13.3 Å². The molecule has 0 heterocycles. The van der Waals surface area contributed by atoms with E-state index < -0.39 is 0 Å². The topological polar surface area (TPSA) is 21.6 Å². The molecule has 2 nitrogen and oxygen atoms in total. The Morgan fingerprint density at radius 1 is 0.941 bits per heavy atom. The van der Waals surface area contributed by atoms with Crippen LogP contribution >= 0.6 is 0 Å². The molecule has 0 aliphatic rings. The predicted molar refractivity (Wildman–Crippen MR) is 70.3 cm³/mol. The predicted octanol–water partition coefficient (Wildman–Crippen LogP) is 3.88. The zero-order chi connectivity index (χ0) is 11.9. The Bertz CT molecular complexity index is 477. The first-order chi connectivity index (χ1) is 8.40. The summed E-state index contributed by atoms with van der Waals surface area (Å²) in [5, 5.41) is 4.20. The first kappa shape index (κ1) is 11.4. The highest BCUT2D eigenvalue weighted by molar-refractivity contribution is 6.00. The average Bonchev–Trinajstić information content (AvgIpc) is 2.42. The fourth-order valence-corrected chi connectivity index (χ4v) is 1.54. The van der Waals surface area contributed by atoms with E-state index in [1.165, 1.54) is 0 Å². The molecule has 2 heteroatoms. The maximum atomic E-state index is 5.40. The van der Waals surface area contributed by atoms with Gasteiger partial charge < -0.3 is 4.84 Å². The van der Waals surface area contributed by atoms with Gasteiger partial charge in [-0.2, -0.15) is 0 Å². The highest BCUT2D eigenvalue weighted by atomic mass is 16.6. The van der Waals surface area contributed by atoms with E-state index in [-0.39, 0.29) is 0 Å². The van der Waals surface area contributed by atoms with E-state index in [0.29, 0.717) is 0 Å². The van der Waals surface area contributed by atoms with Gasteiger partial charge >= 0.3 is 0 Å². The van der Waals surface area contributed by atoms with Crippen molar-refractivity contribution in [2.75, 3.05) is 0 Å². The van der Waals surface area contributed by atoms with Gasteiger partial charge in [-0.1, -0.05) is 60.6 Å². The first-order valence-corrected chi connectivity index (χ1v) is 5.74. The minimum atomic E-state index is 0.759. The fraction of sp³-hybridized carbons (Fsp3) is 0.133. The van der Waals surface area contributed by atoms with Crippen LogP contribution in [0.2, 0.25) is 0 Å². The summed E-state index contributed by atoms with van der Waals surface area (Å²) in [5.41, 5.74) is 2.06. The number of hydrogen-bond acceptors (Lipinski definition) is 2. The summed E-state index contributed by atoms with van der Waals surface area (Å²) in [6.45, 7) is 2.07. The van der Waals surface area contributed by atoms with Crippen molar-refractivity contribution in [1.29, 1.82) is 0 Å². The SMILES string of the molecule is CC/C(=N\Oc1ccccc1)c1ccccc1. The van der Waals surface area contributed by atoms with Gasteiger partial charge in [-0.25, -0.2) is 0 Å². The average molecular weight is 225 g/mol. The molecule has 2 aromatic rings. The number of benzene rings is 2. The Morgan fingerprint density at radius 3 is 2.12 bits per heavy atom. The van der Waals surface area contributed by atoms with Crippen LogP contribution in [0.25, 0.3) is 0 Å². The van der Waals surface area contributed by atoms with Crippen molar-refractivity contribution in [3.63, 3.8) is 0 Å². The van der Waals surface area contributed by atoms with Gasteiger partial charge in [0, 0.05) is 0 Å². The molecule has 0 aliphatic carbocycles. The molecule has 17 heavy (non-hydrogen) atoms. The maximum absolute atomic E-state index is 5.40. The minimum Gasteiger partial charge on any atom is -0.357 e. The van der Waals surface area contributed by atoms with Gasteiger partial charge in [-0.05, 0) is 24.1 Å². The van der Waals surface area contributed by atoms with E-state index in [1.807, 2.05) is 60.7 Å². The fourth-order valence-electron chi connectivity index (χ4n) is 1.54. The number of hydrogen-bond donors (Lipinski definition) is 0. The Hall–Kier alpha value is -2.09. The molecule has 0 aromatic heterocycles. The standard InChI is InChI=1S/C15H15NO/c1-2-15(13-9-5-3-6-10-13)16-17-14-11-7-4-8-12-14/h3-12H,2H2,1H3/b16-15+. The smallest absolute Gasteiger partial charge is 0.157 e. The Kier molecular flexibility index (Phi) is 3.92. The normalized spacial score (nSPS) is 11.2. The number of rotatable bonds is 4. The number of para-hydroxylation sites is 1. The quantitative estimate of drug-likeness (QED) is 0.571. The molecule has 0 unspecified atom stereocenters. The van der Waals surface area contributed by atoms with Gasteiger partial charge in [-0.15, -0.1) is 0 Å². The third-order valence-electron chi connectivity index (χ3n) is 2.45. The van der Waals surface area contributed by atoms with Gasteiger partial charge in [0.25, 0.3) is 0 Å². The van der Waals surface area contributed by atoms with E-state index in [9.17, 15) is 0 Å². The summed E-state index contributed by atoms with van der Waals surface area (Å²) in [6, 6.07) is 19.7. The molecule has 0 atom stereocenters. The van der Waals surface area contributed by atoms with Crippen molar-refractivity contribution in [2.24, 2.45) is 5.16 Å². The van der Waals surface area contributed by atoms with Crippen molar-refractivity contribution in [3.8, 4) is 5.75 Å². The van der Waals surface area contributed by atoms with E-state index in [2.05, 4.69) is 12.1 Å². The number of nitrogens with zero attached hydrogens (tertiary/aromatic N) is 1. The monoisotopic (exact) mass is 225 g/mol. The third kappa shape index (κ3) is 3.18. The van der Waals surface area contributed by atoms with E-state index in [4.69, 9.17) is 4.84 Å². The lowest BCUT2D eigenvalue weighted by Gasteiger charge is -2.04. The van der Waals surface area contributed by atoms with Crippen LogP contribution in [-0.2, 0) is 0 Å². The Morgan fingerprint density at radius 2 is 1.53 bits per heavy atom. The molecule has 0 fully saturated rings. The molecule has 0 saturated carbocycles. The van der Waals surface area contributed by atoms with Crippen LogP contribution in [-0.4, -0.2) is 5.71 Å². The molecular formula is C15H15NO. The molecule has 2 rings (SSSR count). The highest BCUT2D eigenvalue weighted by Crippen LogP contribution is 2.11. The lowest BCUT2D eigenvalue weighted by Crippen LogP contribution is -2.01. The minimum absolute atomic E-state index is 0.759. The van der Waals surface area contributed by atoms with Gasteiger partial charge in [0.05, 0.1) is 5.71 Å². The van der Waals surface area contributed by atoms with Crippen molar-refractivity contribution < 1.29 is 4.84 Å². The van der Waals surface area contributed by atoms with Crippen molar-refractivity contribution in [3.05, 3.63) is 66.2 Å². The van der Waals surface area contributed by atoms with Crippen LogP contribution in [0.1, 0.15) is 18.9 Å². The van der Waals surface area contributed by atoms with E-state index >= 15 is 0 Å². The molecule has 0 spiro atoms. The van der Waals surface area contributed by atoms with Crippen LogP contribution in [0.5, 0.6) is 5.75 Å². The second-order valence-electron chi connectivity index (χ2n) is 3.66. The molecule has 0 aliphatic heterocycles. The lowest BCUT2D eigenvalue weighted by molar-refractivity contribution is 0.340. The Labute approximate surface area is 102 Å². The summed E-state index contributed by atoms with van der Waals surface area (Å²) in [6.07, 6.45) is 0.844. The summed E-state index contributed by atoms with van der Waals surface area (Å²) < 4.78 is 0. The third-order valence-corrected chi connectivity index (χ3v) is 2.45. The van der Waals surface area contributed by atoms with Crippen LogP contribution in [0.15, 0.2) is 65.8 Å². The summed E-state index contributed by atoms with van der Waals surface area (Å²) in [7, 11) is 0. The van der Waals surface area contributed by atoms with Crippen molar-refractivity contribution >= 4 is 5.71 Å². The molecule has 2 aromatic carbocycles. The van der Waals surface area contributed by atoms with Gasteiger partial charge in [-0.3, -0.25) is 0 Å². The molecule has 0 N–H and O–H groups in total. The van der Waals surface area contributed by atoms with Crippen LogP contribution < -0.4 is 4.84 Å². The second kappa shape index (κ2) is 5.85. The van der Waals surface area contributed by atoms with Crippen LogP contribution in [0, 0.1) is 0 Å². The van der Waals surface area contributed by atoms with Gasteiger partial charge in [0.1, 0.15) is 0 Å². The summed E-state index contributed by atoms with van der Waals surface area (Å²) >= 11 is 0. The molecule has 0 radical (unpaired) electrons. The van der Waals surface area contributed by atoms with Crippen LogP contribution in [0.4, 0.5) is 0 Å². The zero-order valence-electron chi connectivity index (χ0n) is 9.84. The molecular weight excluding hydrogens is 210 g/mol. The molecule has 0 saturated heterocycles. The highest BCUT2D eigenvalue weighted by Gasteiger charge is 2.00.